The largest absolute Gasteiger partial charge is 0.110 e. The predicted octanol–water partition coefficient (Wildman–Crippen LogP) is 7.86. The Balaban J connectivity index is 3.03. The Morgan fingerprint density at radius 1 is 1.00 bits per heavy atom. The van der Waals surface area contributed by atoms with Crippen LogP contribution in [0.25, 0.3) is 6.08 Å². The first kappa shape index (κ1) is 21.4. The van der Waals surface area contributed by atoms with Gasteiger partial charge in [0.2, 0.25) is 0 Å². The van der Waals surface area contributed by atoms with Crippen LogP contribution in [0.3, 0.4) is 0 Å². The quantitative estimate of drug-likeness (QED) is 0.251. The maximum Gasteiger partial charge on any atom is 0.0415 e. The van der Waals surface area contributed by atoms with Crippen LogP contribution in [0.1, 0.15) is 77.8 Å². The van der Waals surface area contributed by atoms with Crippen molar-refractivity contribution in [1.29, 1.82) is 0 Å². The number of hydrogen-bond acceptors (Lipinski definition) is 2. The molecular weight excluding hydrogens is 328 g/mol. The Morgan fingerprint density at radius 2 is 1.62 bits per heavy atom. The maximum absolute atomic E-state index is 4.45. The zero-order valence-electron chi connectivity index (χ0n) is 16.0. The van der Waals surface area contributed by atoms with Crippen LogP contribution >= 0.6 is 22.5 Å². The van der Waals surface area contributed by atoms with E-state index < -0.39 is 0 Å². The molecule has 0 aliphatic carbocycles. The third-order valence-electron chi connectivity index (χ3n) is 4.88. The molecule has 1 aromatic carbocycles. The molecule has 134 valence electrons. The lowest BCUT2D eigenvalue weighted by atomic mass is 9.74. The van der Waals surface area contributed by atoms with Gasteiger partial charge in [0.05, 0.1) is 0 Å². The van der Waals surface area contributed by atoms with E-state index in [4.69, 9.17) is 0 Å². The van der Waals surface area contributed by atoms with E-state index in [9.17, 15) is 0 Å². The van der Waals surface area contributed by atoms with Gasteiger partial charge in [0.15, 0.2) is 0 Å². The summed E-state index contributed by atoms with van der Waals surface area (Å²) in [7, 11) is 1.64. The van der Waals surface area contributed by atoms with Gasteiger partial charge in [-0.15, -0.1) is 11.7 Å². The second kappa shape index (κ2) is 10.4. The first-order chi connectivity index (χ1) is 11.5. The van der Waals surface area contributed by atoms with Crippen molar-refractivity contribution in [3.05, 3.63) is 53.6 Å². The molecule has 0 aliphatic heterocycles. The van der Waals surface area contributed by atoms with Gasteiger partial charge in [-0.25, -0.2) is 0 Å². The smallest absolute Gasteiger partial charge is 0.0415 e. The van der Waals surface area contributed by atoms with Crippen molar-refractivity contribution in [2.45, 2.75) is 76.9 Å². The fraction of sp³-hybridized carbons (Fsp3) is 0.545. The van der Waals surface area contributed by atoms with Gasteiger partial charge in [-0.1, -0.05) is 93.0 Å². The molecule has 2 atom stereocenters. The average Bonchev–Trinajstić information content (AvgIpc) is 2.60. The minimum atomic E-state index is 0.108. The average molecular weight is 363 g/mol. The molecule has 0 aliphatic rings. The first-order valence-corrected chi connectivity index (χ1v) is 11.1. The molecule has 2 heteroatoms. The minimum absolute atomic E-state index is 0.108. The predicted molar refractivity (Wildman–Crippen MR) is 117 cm³/mol. The highest BCUT2D eigenvalue weighted by Gasteiger charge is 2.26. The molecule has 0 nitrogen and oxygen atoms in total. The van der Waals surface area contributed by atoms with Crippen molar-refractivity contribution in [2.24, 2.45) is 0 Å². The van der Waals surface area contributed by atoms with Crippen molar-refractivity contribution < 1.29 is 0 Å². The first-order valence-electron chi connectivity index (χ1n) is 9.25. The van der Waals surface area contributed by atoms with Gasteiger partial charge in [-0.2, -0.15) is 0 Å². The summed E-state index contributed by atoms with van der Waals surface area (Å²) in [6.45, 7) is 11.2. The summed E-state index contributed by atoms with van der Waals surface area (Å²) in [6.07, 6.45) is 15.0. The van der Waals surface area contributed by atoms with Gasteiger partial charge in [0.25, 0.3) is 0 Å². The number of benzene rings is 1. The van der Waals surface area contributed by atoms with E-state index >= 15 is 0 Å². The molecule has 1 aromatic rings. The standard InChI is InChI=1S/C22H34S2/c1-6-15-21(5,24-23)18-14-19-10-12-20(13-11-19)22(9-4,16-7-2)17-8-3/h7,10-14,16,18,23H,6,8-9,15,17H2,1-5H3. The zero-order chi connectivity index (χ0) is 18.1. The van der Waals surface area contributed by atoms with E-state index in [0.29, 0.717) is 0 Å². The molecule has 24 heavy (non-hydrogen) atoms. The molecule has 0 spiro atoms. The van der Waals surface area contributed by atoms with Gasteiger partial charge in [-0.05, 0) is 44.2 Å². The summed E-state index contributed by atoms with van der Waals surface area (Å²) in [6, 6.07) is 9.13. The highest BCUT2D eigenvalue weighted by molar-refractivity contribution is 8.69. The Bertz CT molecular complexity index is 529. The van der Waals surface area contributed by atoms with Gasteiger partial charge >= 0.3 is 0 Å². The maximum atomic E-state index is 4.45. The van der Waals surface area contributed by atoms with E-state index in [1.165, 1.54) is 30.4 Å². The number of thiol groups is 1. The fourth-order valence-corrected chi connectivity index (χ4v) is 4.32. The monoisotopic (exact) mass is 362 g/mol. The van der Waals surface area contributed by atoms with E-state index in [1.807, 2.05) is 0 Å². The molecule has 2 unspecified atom stereocenters. The van der Waals surface area contributed by atoms with Crippen molar-refractivity contribution in [3.63, 3.8) is 0 Å². The molecule has 0 N–H and O–H groups in total. The molecule has 0 radical (unpaired) electrons. The second-order valence-electron chi connectivity index (χ2n) is 6.87. The van der Waals surface area contributed by atoms with Crippen molar-refractivity contribution in [2.75, 3.05) is 0 Å². The van der Waals surface area contributed by atoms with Gasteiger partial charge in [0.1, 0.15) is 0 Å². The highest BCUT2D eigenvalue weighted by Crippen LogP contribution is 2.36. The third-order valence-corrected chi connectivity index (χ3v) is 6.89. The van der Waals surface area contributed by atoms with Crippen molar-refractivity contribution >= 4 is 28.5 Å². The number of hydrogen-bond donors (Lipinski definition) is 1. The fourth-order valence-electron chi connectivity index (χ4n) is 3.44. The van der Waals surface area contributed by atoms with Crippen LogP contribution in [0.15, 0.2) is 42.5 Å². The lowest BCUT2D eigenvalue weighted by Crippen LogP contribution is -2.22. The molecule has 0 saturated carbocycles. The summed E-state index contributed by atoms with van der Waals surface area (Å²) in [4.78, 5) is 0. The molecule has 0 aromatic heterocycles. The highest BCUT2D eigenvalue weighted by atomic mass is 33.1. The Kier molecular flexibility index (Phi) is 9.30. The van der Waals surface area contributed by atoms with E-state index in [-0.39, 0.29) is 10.2 Å². The molecule has 1 rings (SSSR count). The summed E-state index contributed by atoms with van der Waals surface area (Å²) in [5.74, 6) is 0. The van der Waals surface area contributed by atoms with Gasteiger partial charge < -0.3 is 0 Å². The van der Waals surface area contributed by atoms with E-state index in [0.717, 1.165) is 12.8 Å². The lowest BCUT2D eigenvalue weighted by Gasteiger charge is -2.30. The molecular formula is C22H34S2. The molecule has 0 fully saturated rings. The van der Waals surface area contributed by atoms with Crippen LogP contribution in [0.4, 0.5) is 0 Å². The Morgan fingerprint density at radius 3 is 2.08 bits per heavy atom. The third kappa shape index (κ3) is 5.74. The topological polar surface area (TPSA) is 0 Å². The van der Waals surface area contributed by atoms with Crippen LogP contribution in [0.5, 0.6) is 0 Å². The normalized spacial score (nSPS) is 17.2. The van der Waals surface area contributed by atoms with E-state index in [1.54, 1.807) is 10.8 Å². The minimum Gasteiger partial charge on any atom is -0.110 e. The molecule has 0 heterocycles. The summed E-state index contributed by atoms with van der Waals surface area (Å²) in [5.41, 5.74) is 2.89. The van der Waals surface area contributed by atoms with Crippen LogP contribution in [0, 0.1) is 0 Å². The van der Waals surface area contributed by atoms with Gasteiger partial charge in [0, 0.05) is 10.2 Å². The summed E-state index contributed by atoms with van der Waals surface area (Å²) >= 11 is 4.45. The number of rotatable bonds is 10. The van der Waals surface area contributed by atoms with E-state index in [2.05, 4.69) is 94.8 Å². The van der Waals surface area contributed by atoms with Crippen LogP contribution in [-0.2, 0) is 5.41 Å². The second-order valence-corrected chi connectivity index (χ2v) is 8.53. The summed E-state index contributed by atoms with van der Waals surface area (Å²) in [5, 5.41) is 0. The van der Waals surface area contributed by atoms with Gasteiger partial charge in [-0.3, -0.25) is 0 Å². The zero-order valence-corrected chi connectivity index (χ0v) is 17.7. The Labute approximate surface area is 159 Å². The molecule has 0 amide bonds. The van der Waals surface area contributed by atoms with Crippen LogP contribution in [-0.4, -0.2) is 4.75 Å². The SMILES string of the molecule is CC=CC(CC)(CCC)c1ccc(C=CC(C)(CCC)SS)cc1. The summed E-state index contributed by atoms with van der Waals surface area (Å²) < 4.78 is 0.108. The van der Waals surface area contributed by atoms with Crippen LogP contribution in [0.2, 0.25) is 0 Å². The van der Waals surface area contributed by atoms with Crippen molar-refractivity contribution in [1.82, 2.24) is 0 Å². The van der Waals surface area contributed by atoms with Crippen molar-refractivity contribution in [3.8, 4) is 0 Å². The molecule has 0 bridgehead atoms. The van der Waals surface area contributed by atoms with Crippen LogP contribution < -0.4 is 0 Å². The molecule has 0 saturated heterocycles. The number of allylic oxidation sites excluding steroid dienone is 2. The Hall–Kier alpha value is -0.600. The lowest BCUT2D eigenvalue weighted by molar-refractivity contribution is 0.467.